The summed E-state index contributed by atoms with van der Waals surface area (Å²) in [5, 5.41) is 1.80. The number of nitrogens with zero attached hydrogens (tertiary/aromatic N) is 1. The number of amides is 2. The summed E-state index contributed by atoms with van der Waals surface area (Å²) < 4.78 is 49.5. The lowest BCUT2D eigenvalue weighted by Crippen LogP contribution is -2.66. The number of nitrogens with one attached hydrogen (secondary N) is 1. The fourth-order valence-electron chi connectivity index (χ4n) is 4.46. The number of halogens is 5. The predicted octanol–water partition coefficient (Wildman–Crippen LogP) is 5.30. The van der Waals surface area contributed by atoms with Crippen molar-refractivity contribution in [2.75, 3.05) is 0 Å². The van der Waals surface area contributed by atoms with Crippen molar-refractivity contribution in [3.8, 4) is 0 Å². The van der Waals surface area contributed by atoms with Crippen LogP contribution in [0.2, 0.25) is 10.0 Å². The van der Waals surface area contributed by atoms with Crippen molar-refractivity contribution < 1.29 is 32.0 Å². The maximum Gasteiger partial charge on any atom is 0.425 e. The third-order valence-corrected chi connectivity index (χ3v) is 6.46. The van der Waals surface area contributed by atoms with Gasteiger partial charge in [0.15, 0.2) is 5.78 Å². The van der Waals surface area contributed by atoms with E-state index in [-0.39, 0.29) is 46.5 Å². The molecule has 11 heteroatoms. The molecule has 34 heavy (non-hydrogen) atoms. The molecule has 2 aliphatic rings. The topological polar surface area (TPSA) is 79.6 Å². The van der Waals surface area contributed by atoms with E-state index in [4.69, 9.17) is 27.6 Å². The second-order valence-electron chi connectivity index (χ2n) is 9.06. The van der Waals surface area contributed by atoms with Crippen LogP contribution in [-0.2, 0) is 16.1 Å². The van der Waals surface area contributed by atoms with Crippen molar-refractivity contribution in [2.24, 2.45) is 5.41 Å². The van der Waals surface area contributed by atoms with Crippen molar-refractivity contribution in [2.45, 2.75) is 44.9 Å². The van der Waals surface area contributed by atoms with Gasteiger partial charge in [-0.05, 0) is 42.2 Å². The average Bonchev–Trinajstić information content (AvgIpc) is 3.28. The van der Waals surface area contributed by atoms with Crippen LogP contribution in [-0.4, -0.2) is 34.2 Å². The van der Waals surface area contributed by atoms with Crippen molar-refractivity contribution >= 4 is 40.8 Å². The van der Waals surface area contributed by atoms with E-state index in [0.29, 0.717) is 0 Å². The number of rotatable bonds is 4. The van der Waals surface area contributed by atoms with Gasteiger partial charge in [-0.3, -0.25) is 14.4 Å². The lowest BCUT2D eigenvalue weighted by Gasteiger charge is -2.35. The van der Waals surface area contributed by atoms with Gasteiger partial charge in [-0.25, -0.2) is 0 Å². The first-order valence-corrected chi connectivity index (χ1v) is 11.0. The first kappa shape index (κ1) is 24.3. The Morgan fingerprint density at radius 2 is 1.88 bits per heavy atom. The number of Topliss-reactive ketones (excluding diaryl/α,β-unsaturated/α-hetero) is 1. The molecule has 1 aromatic heterocycles. The minimum Gasteiger partial charge on any atom is -0.467 e. The van der Waals surface area contributed by atoms with Gasteiger partial charge in [0.05, 0.1) is 29.0 Å². The second kappa shape index (κ2) is 8.16. The molecule has 0 unspecified atom stereocenters. The molecular formula is C23H19Cl2F3N2O4. The molecule has 0 radical (unpaired) electrons. The maximum absolute atomic E-state index is 14.8. The van der Waals surface area contributed by atoms with Gasteiger partial charge in [0.1, 0.15) is 5.76 Å². The number of carbonyl (C=O) groups excluding carboxylic acids is 3. The number of hydrogen-bond donors (Lipinski definition) is 1. The Balaban J connectivity index is 1.88. The van der Waals surface area contributed by atoms with Crippen LogP contribution in [0.5, 0.6) is 0 Å². The van der Waals surface area contributed by atoms with Crippen LogP contribution in [0.15, 0.2) is 52.3 Å². The number of alkyl halides is 3. The molecule has 0 saturated heterocycles. The van der Waals surface area contributed by atoms with E-state index in [9.17, 15) is 27.6 Å². The van der Waals surface area contributed by atoms with E-state index in [1.807, 2.05) is 5.32 Å². The first-order chi connectivity index (χ1) is 15.8. The zero-order chi connectivity index (χ0) is 25.1. The zero-order valence-corrected chi connectivity index (χ0v) is 19.6. The van der Waals surface area contributed by atoms with E-state index in [1.165, 1.54) is 30.5 Å². The molecule has 1 aliphatic carbocycles. The van der Waals surface area contributed by atoms with Gasteiger partial charge in [0, 0.05) is 17.1 Å². The van der Waals surface area contributed by atoms with Crippen LogP contribution in [0.4, 0.5) is 13.2 Å². The lowest BCUT2D eigenvalue weighted by molar-refractivity contribution is -0.191. The molecule has 1 atom stereocenters. The standard InChI is InChI=1S/C23H19Cl2F3N2O4/c1-21(2)9-16-18(17(31)10-21)22(23(26,27)28,20(33)30(16)11-13-4-3-7-34-13)29-19(32)14-6-5-12(24)8-15(14)25/h3-8H,9-11H2,1-2H3,(H,29,32)/t22-/m1/s1. The number of hydrogen-bond acceptors (Lipinski definition) is 4. The third kappa shape index (κ3) is 3.90. The summed E-state index contributed by atoms with van der Waals surface area (Å²) >= 11 is 11.8. The number of allylic oxidation sites excluding steroid dienone is 1. The predicted molar refractivity (Wildman–Crippen MR) is 117 cm³/mol. The van der Waals surface area contributed by atoms with Gasteiger partial charge < -0.3 is 14.6 Å². The Morgan fingerprint density at radius 3 is 2.47 bits per heavy atom. The molecule has 4 rings (SSSR count). The van der Waals surface area contributed by atoms with E-state index in [0.717, 1.165) is 11.0 Å². The smallest absolute Gasteiger partial charge is 0.425 e. The fourth-order valence-corrected chi connectivity index (χ4v) is 4.96. The minimum atomic E-state index is -5.33. The summed E-state index contributed by atoms with van der Waals surface area (Å²) in [4.78, 5) is 40.5. The average molecular weight is 515 g/mol. The first-order valence-electron chi connectivity index (χ1n) is 10.2. The van der Waals surface area contributed by atoms with Gasteiger partial charge in [0.25, 0.3) is 11.8 Å². The molecule has 2 aromatic rings. The molecule has 1 aromatic carbocycles. The van der Waals surface area contributed by atoms with Crippen LogP contribution in [0.25, 0.3) is 0 Å². The molecule has 1 aliphatic heterocycles. The van der Waals surface area contributed by atoms with Gasteiger partial charge in [-0.15, -0.1) is 0 Å². The monoisotopic (exact) mass is 514 g/mol. The van der Waals surface area contributed by atoms with E-state index in [1.54, 1.807) is 13.8 Å². The summed E-state index contributed by atoms with van der Waals surface area (Å²) in [5.74, 6) is -3.38. The molecule has 180 valence electrons. The molecule has 0 spiro atoms. The number of benzene rings is 1. The van der Waals surface area contributed by atoms with Crippen molar-refractivity contribution in [1.82, 2.24) is 10.2 Å². The molecular weight excluding hydrogens is 496 g/mol. The van der Waals surface area contributed by atoms with Crippen molar-refractivity contribution in [3.05, 3.63) is 69.2 Å². The maximum atomic E-state index is 14.8. The largest absolute Gasteiger partial charge is 0.467 e. The summed E-state index contributed by atoms with van der Waals surface area (Å²) in [6, 6.07) is 6.65. The van der Waals surface area contributed by atoms with Crippen LogP contribution < -0.4 is 5.32 Å². The highest BCUT2D eigenvalue weighted by Crippen LogP contribution is 2.52. The van der Waals surface area contributed by atoms with Crippen LogP contribution in [0.1, 0.15) is 42.8 Å². The summed E-state index contributed by atoms with van der Waals surface area (Å²) in [6.07, 6.45) is -4.20. The highest BCUT2D eigenvalue weighted by Gasteiger charge is 2.71. The Kier molecular flexibility index (Phi) is 5.85. The SMILES string of the molecule is CC1(C)CC(=O)C2=C(C1)N(Cc1ccco1)C(=O)[C@@]2(NC(=O)c1ccc(Cl)cc1Cl)C(F)(F)F. The Bertz CT molecular complexity index is 1220. The third-order valence-electron chi connectivity index (χ3n) is 5.92. The Labute approximate surface area is 202 Å². The molecule has 2 heterocycles. The zero-order valence-electron chi connectivity index (χ0n) is 18.1. The lowest BCUT2D eigenvalue weighted by atomic mass is 9.72. The highest BCUT2D eigenvalue weighted by atomic mass is 35.5. The highest BCUT2D eigenvalue weighted by molar-refractivity contribution is 6.36. The van der Waals surface area contributed by atoms with Gasteiger partial charge in [0.2, 0.25) is 5.54 Å². The minimum absolute atomic E-state index is 0.0237. The molecule has 0 fully saturated rings. The molecule has 6 nitrogen and oxygen atoms in total. The normalized spacial score (nSPS) is 22.3. The van der Waals surface area contributed by atoms with Crippen molar-refractivity contribution in [1.29, 1.82) is 0 Å². The molecule has 0 bridgehead atoms. The Hall–Kier alpha value is -2.78. The molecule has 0 saturated carbocycles. The second-order valence-corrected chi connectivity index (χ2v) is 9.90. The fraction of sp³-hybridized carbons (Fsp3) is 0.348. The summed E-state index contributed by atoms with van der Waals surface area (Å²) in [5.41, 5.74) is -5.43. The summed E-state index contributed by atoms with van der Waals surface area (Å²) in [7, 11) is 0. The van der Waals surface area contributed by atoms with Crippen molar-refractivity contribution in [3.63, 3.8) is 0 Å². The number of carbonyl (C=O) groups is 3. The van der Waals surface area contributed by atoms with Gasteiger partial charge in [-0.2, -0.15) is 13.2 Å². The summed E-state index contributed by atoms with van der Waals surface area (Å²) in [6.45, 7) is 3.12. The van der Waals surface area contributed by atoms with Crippen LogP contribution >= 0.6 is 23.2 Å². The number of furan rings is 1. The van der Waals surface area contributed by atoms with E-state index >= 15 is 0 Å². The van der Waals surface area contributed by atoms with E-state index < -0.39 is 40.3 Å². The molecule has 2 amide bonds. The quantitative estimate of drug-likeness (QED) is 0.600. The van der Waals surface area contributed by atoms with Gasteiger partial charge >= 0.3 is 6.18 Å². The van der Waals surface area contributed by atoms with Crippen LogP contribution in [0.3, 0.4) is 0 Å². The Morgan fingerprint density at radius 1 is 1.18 bits per heavy atom. The van der Waals surface area contributed by atoms with Crippen LogP contribution in [0, 0.1) is 5.41 Å². The van der Waals surface area contributed by atoms with E-state index in [2.05, 4.69) is 0 Å². The number of ketones is 1. The van der Waals surface area contributed by atoms with Gasteiger partial charge in [-0.1, -0.05) is 37.0 Å². The molecule has 1 N–H and O–H groups in total.